The molecule has 1 aliphatic rings. The molecule has 19 heteroatoms. The first-order valence-electron chi connectivity index (χ1n) is 16.7. The first kappa shape index (κ1) is 39.6. The standard InChI is InChI=1S/C20H19N5O2.C8H7N3O.C4H5BO3.C4H4BrN3/c21-10-17-19(27-16-5-2-1-3-6-16)9-15(13-22-17)25-20-23-11-14(12-24-20)18-7-4-8-26-18;9-8-10-4-6(5-11-8)7-2-1-3-12-7;6-5(7)4-2-1-3-8-4;5-3-1-7-4(6)8-2-3/h4,7-9,11-13,16H,1-3,5-6H2,(H,23,24,25);1-5H,(H2,9,10,11);1-3,6-7H;1-2H,(H2,6,7,8). The average molecular weight is 808 g/mol. The summed E-state index contributed by atoms with van der Waals surface area (Å²) in [6, 6.07) is 14.3. The van der Waals surface area contributed by atoms with Crippen molar-refractivity contribution < 1.29 is 28.0 Å². The highest BCUT2D eigenvalue weighted by Gasteiger charge is 2.18. The number of nitrogens with two attached hydrogens (primary N) is 2. The van der Waals surface area contributed by atoms with Crippen LogP contribution in [0.5, 0.6) is 5.75 Å². The van der Waals surface area contributed by atoms with E-state index in [-0.39, 0.29) is 17.7 Å². The molecule has 7 aromatic heterocycles. The summed E-state index contributed by atoms with van der Waals surface area (Å²) in [6.45, 7) is 0. The molecule has 1 fully saturated rings. The van der Waals surface area contributed by atoms with Crippen molar-refractivity contribution in [1.29, 1.82) is 5.26 Å². The van der Waals surface area contributed by atoms with E-state index in [2.05, 4.69) is 66.6 Å². The van der Waals surface area contributed by atoms with Gasteiger partial charge in [0.25, 0.3) is 0 Å². The SMILES string of the molecule is N#Cc1ncc(Nc2ncc(-c3ccco3)cn2)cc1OC1CCCCC1.Nc1ncc(-c2ccco2)cn1.Nc1ncc(Br)cn1.OB(O)c1ccco1. The number of furan rings is 3. The van der Waals surface area contributed by atoms with Crippen LogP contribution in [-0.2, 0) is 0 Å². The molecule has 280 valence electrons. The highest BCUT2D eigenvalue weighted by molar-refractivity contribution is 9.10. The number of nitriles is 1. The van der Waals surface area contributed by atoms with Crippen molar-refractivity contribution in [3.8, 4) is 34.5 Å². The number of hydrogen-bond donors (Lipinski definition) is 5. The Balaban J connectivity index is 0.000000169. The Morgan fingerprint density at radius 3 is 1.76 bits per heavy atom. The highest BCUT2D eigenvalue weighted by Crippen LogP contribution is 2.28. The van der Waals surface area contributed by atoms with E-state index in [0.29, 0.717) is 34.8 Å². The van der Waals surface area contributed by atoms with Crippen LogP contribution in [0.2, 0.25) is 0 Å². The molecule has 17 nitrogen and oxygen atoms in total. The van der Waals surface area contributed by atoms with Crippen LogP contribution < -0.4 is 27.2 Å². The molecule has 8 rings (SSSR count). The van der Waals surface area contributed by atoms with Gasteiger partial charge in [-0.1, -0.05) is 6.42 Å². The van der Waals surface area contributed by atoms with Gasteiger partial charge in [-0.2, -0.15) is 5.26 Å². The van der Waals surface area contributed by atoms with E-state index in [4.69, 9.17) is 35.1 Å². The number of hydrogen-bond acceptors (Lipinski definition) is 17. The fraction of sp³-hybridized carbons (Fsp3) is 0.167. The molecule has 0 atom stereocenters. The molecular weight excluding hydrogens is 773 g/mol. The maximum atomic E-state index is 9.30. The van der Waals surface area contributed by atoms with Gasteiger partial charge in [0.05, 0.1) is 52.4 Å². The lowest BCUT2D eigenvalue weighted by Gasteiger charge is -2.23. The quantitative estimate of drug-likeness (QED) is 0.123. The van der Waals surface area contributed by atoms with E-state index in [9.17, 15) is 5.26 Å². The van der Waals surface area contributed by atoms with Crippen LogP contribution in [-0.4, -0.2) is 58.2 Å². The summed E-state index contributed by atoms with van der Waals surface area (Å²) >= 11 is 3.16. The van der Waals surface area contributed by atoms with Gasteiger partial charge in [0.15, 0.2) is 11.4 Å². The van der Waals surface area contributed by atoms with Gasteiger partial charge < -0.3 is 44.8 Å². The van der Waals surface area contributed by atoms with E-state index in [0.717, 1.165) is 47.0 Å². The van der Waals surface area contributed by atoms with Crippen molar-refractivity contribution in [1.82, 2.24) is 34.9 Å². The van der Waals surface area contributed by atoms with Gasteiger partial charge >= 0.3 is 7.12 Å². The number of aromatic nitrogens is 7. The summed E-state index contributed by atoms with van der Waals surface area (Å²) in [4.78, 5) is 27.9. The molecule has 0 bridgehead atoms. The van der Waals surface area contributed by atoms with Crippen molar-refractivity contribution in [3.63, 3.8) is 0 Å². The Kier molecular flexibility index (Phi) is 14.8. The molecule has 7 heterocycles. The Bertz CT molecular complexity index is 2140. The minimum atomic E-state index is -1.48. The molecule has 0 radical (unpaired) electrons. The number of halogens is 1. The van der Waals surface area contributed by atoms with Gasteiger partial charge in [-0.15, -0.1) is 0 Å². The van der Waals surface area contributed by atoms with Crippen LogP contribution in [0.4, 0.5) is 23.5 Å². The summed E-state index contributed by atoms with van der Waals surface area (Å²) in [5.74, 6) is 2.96. The second kappa shape index (κ2) is 20.6. The van der Waals surface area contributed by atoms with Crippen LogP contribution in [0.1, 0.15) is 37.8 Å². The predicted octanol–water partition coefficient (Wildman–Crippen LogP) is 5.56. The molecule has 0 amide bonds. The third kappa shape index (κ3) is 12.8. The van der Waals surface area contributed by atoms with Crippen molar-refractivity contribution in [2.75, 3.05) is 16.8 Å². The van der Waals surface area contributed by atoms with Crippen LogP contribution >= 0.6 is 15.9 Å². The van der Waals surface area contributed by atoms with Crippen molar-refractivity contribution >= 4 is 52.2 Å². The summed E-state index contributed by atoms with van der Waals surface area (Å²) in [7, 11) is -1.48. The lowest BCUT2D eigenvalue weighted by molar-refractivity contribution is 0.154. The Morgan fingerprint density at radius 2 is 1.29 bits per heavy atom. The third-order valence-electron chi connectivity index (χ3n) is 7.43. The zero-order valence-corrected chi connectivity index (χ0v) is 30.7. The number of ether oxygens (including phenoxy) is 1. The molecule has 7 aromatic rings. The molecule has 55 heavy (non-hydrogen) atoms. The zero-order chi connectivity index (χ0) is 38.8. The average Bonchev–Trinajstić information content (AvgIpc) is 4.04. The van der Waals surface area contributed by atoms with Crippen molar-refractivity contribution in [3.05, 3.63) is 115 Å². The van der Waals surface area contributed by atoms with Crippen LogP contribution in [0, 0.1) is 11.3 Å². The lowest BCUT2D eigenvalue weighted by atomic mass is 9.88. The summed E-state index contributed by atoms with van der Waals surface area (Å²) in [5, 5.41) is 29.2. The van der Waals surface area contributed by atoms with Gasteiger partial charge in [0.1, 0.15) is 23.2 Å². The highest BCUT2D eigenvalue weighted by atomic mass is 79.9. The molecule has 0 spiro atoms. The lowest BCUT2D eigenvalue weighted by Crippen LogP contribution is -2.27. The fourth-order valence-electron chi connectivity index (χ4n) is 4.81. The van der Waals surface area contributed by atoms with E-state index in [1.54, 1.807) is 68.0 Å². The minimum Gasteiger partial charge on any atom is -0.487 e. The summed E-state index contributed by atoms with van der Waals surface area (Å²) in [6.07, 6.45) is 21.7. The van der Waals surface area contributed by atoms with Crippen molar-refractivity contribution in [2.24, 2.45) is 0 Å². The van der Waals surface area contributed by atoms with E-state index < -0.39 is 7.12 Å². The van der Waals surface area contributed by atoms with Gasteiger partial charge in [0.2, 0.25) is 17.8 Å². The normalized spacial score (nSPS) is 12.0. The molecular formula is C36H35BBrN11O6. The Labute approximate surface area is 323 Å². The number of pyridine rings is 1. The molecule has 0 aromatic carbocycles. The number of nitrogens with zero attached hydrogens (tertiary/aromatic N) is 8. The number of rotatable bonds is 7. The predicted molar refractivity (Wildman–Crippen MR) is 206 cm³/mol. The number of anilines is 4. The van der Waals surface area contributed by atoms with Crippen LogP contribution in [0.25, 0.3) is 22.6 Å². The van der Waals surface area contributed by atoms with E-state index in [1.807, 2.05) is 24.3 Å². The second-order valence-electron chi connectivity index (χ2n) is 11.4. The maximum absolute atomic E-state index is 9.30. The van der Waals surface area contributed by atoms with E-state index >= 15 is 0 Å². The van der Waals surface area contributed by atoms with Crippen molar-refractivity contribution in [2.45, 2.75) is 38.2 Å². The minimum absolute atomic E-state index is 0.145. The largest absolute Gasteiger partial charge is 0.526 e. The van der Waals surface area contributed by atoms with Gasteiger partial charge in [0, 0.05) is 43.2 Å². The summed E-state index contributed by atoms with van der Waals surface area (Å²) in [5.41, 5.74) is 13.3. The molecule has 1 saturated carbocycles. The fourth-order valence-corrected chi connectivity index (χ4v) is 5.01. The first-order valence-corrected chi connectivity index (χ1v) is 17.5. The van der Waals surface area contributed by atoms with Crippen LogP contribution in [0.3, 0.4) is 0 Å². The second-order valence-corrected chi connectivity index (χ2v) is 12.3. The zero-order valence-electron chi connectivity index (χ0n) is 29.1. The molecule has 0 saturated heterocycles. The number of nitrogen functional groups attached to an aromatic ring is 2. The molecule has 0 aliphatic heterocycles. The molecule has 1 aliphatic carbocycles. The first-order chi connectivity index (χ1) is 26.8. The monoisotopic (exact) mass is 807 g/mol. The Morgan fingerprint density at radius 1 is 0.745 bits per heavy atom. The topological polar surface area (TPSA) is 267 Å². The summed E-state index contributed by atoms with van der Waals surface area (Å²) < 4.78 is 22.0. The molecule has 0 unspecified atom stereocenters. The molecule has 7 N–H and O–H groups in total. The maximum Gasteiger partial charge on any atom is 0.526 e. The van der Waals surface area contributed by atoms with Gasteiger partial charge in [-0.05, 0) is 78.0 Å². The van der Waals surface area contributed by atoms with Gasteiger partial charge in [-0.25, -0.2) is 34.9 Å². The third-order valence-corrected chi connectivity index (χ3v) is 7.84. The van der Waals surface area contributed by atoms with Crippen LogP contribution in [0.15, 0.2) is 122 Å². The Hall–Kier alpha value is -6.62. The van der Waals surface area contributed by atoms with Gasteiger partial charge in [-0.3, -0.25) is 0 Å². The smallest absolute Gasteiger partial charge is 0.487 e. The number of nitrogens with one attached hydrogen (secondary N) is 1. The van der Waals surface area contributed by atoms with E-state index in [1.165, 1.54) is 18.8 Å².